The van der Waals surface area contributed by atoms with E-state index >= 15 is 0 Å². The summed E-state index contributed by atoms with van der Waals surface area (Å²) in [4.78, 5) is 2.24. The van der Waals surface area contributed by atoms with Crippen LogP contribution in [0.4, 0.5) is 0 Å². The number of thiophene rings is 1. The molecule has 2 aromatic heterocycles. The minimum atomic E-state index is 0.0839. The van der Waals surface area contributed by atoms with E-state index in [0.29, 0.717) is 0 Å². The Morgan fingerprint density at radius 3 is 2.67 bits per heavy atom. The van der Waals surface area contributed by atoms with Gasteiger partial charge in [0.1, 0.15) is 11.5 Å². The van der Waals surface area contributed by atoms with E-state index in [1.54, 1.807) is 11.3 Å². The average molecular weight is 264 g/mol. The number of nitrogens with two attached hydrogens (primary N) is 1. The van der Waals surface area contributed by atoms with Crippen molar-refractivity contribution in [2.75, 3.05) is 7.05 Å². The van der Waals surface area contributed by atoms with Gasteiger partial charge in [0.15, 0.2) is 0 Å². The van der Waals surface area contributed by atoms with E-state index in [1.807, 2.05) is 26.0 Å². The first-order valence-electron chi connectivity index (χ1n) is 6.11. The monoisotopic (exact) mass is 264 g/mol. The molecule has 0 saturated heterocycles. The van der Waals surface area contributed by atoms with Gasteiger partial charge >= 0.3 is 0 Å². The molecule has 0 spiro atoms. The van der Waals surface area contributed by atoms with Crippen LogP contribution in [0.3, 0.4) is 0 Å². The van der Waals surface area contributed by atoms with Crippen LogP contribution in [0.25, 0.3) is 0 Å². The Bertz CT molecular complexity index is 476. The van der Waals surface area contributed by atoms with E-state index in [-0.39, 0.29) is 12.1 Å². The Morgan fingerprint density at radius 2 is 2.17 bits per heavy atom. The maximum absolute atomic E-state index is 6.12. The Labute approximate surface area is 112 Å². The number of likely N-dealkylation sites (N-methyl/N-ethyl adjacent to an activating group) is 1. The Hall–Kier alpha value is -1.10. The normalized spacial score (nSPS) is 14.9. The summed E-state index contributed by atoms with van der Waals surface area (Å²) in [7, 11) is 2.09. The third kappa shape index (κ3) is 3.02. The summed E-state index contributed by atoms with van der Waals surface area (Å²) in [6, 6.07) is 6.47. The second kappa shape index (κ2) is 5.69. The van der Waals surface area contributed by atoms with Crippen LogP contribution in [-0.4, -0.2) is 18.0 Å². The van der Waals surface area contributed by atoms with Crippen molar-refractivity contribution >= 4 is 11.3 Å². The highest BCUT2D eigenvalue weighted by atomic mass is 32.1. The molecule has 18 heavy (non-hydrogen) atoms. The second-order valence-corrected chi connectivity index (χ2v) is 5.57. The lowest BCUT2D eigenvalue weighted by atomic mass is 10.0. The van der Waals surface area contributed by atoms with Crippen molar-refractivity contribution in [3.05, 3.63) is 46.0 Å². The lowest BCUT2D eigenvalue weighted by molar-refractivity contribution is 0.195. The van der Waals surface area contributed by atoms with Crippen molar-refractivity contribution in [1.29, 1.82) is 0 Å². The first kappa shape index (κ1) is 13.3. The van der Waals surface area contributed by atoms with Gasteiger partial charge in [-0.2, -0.15) is 11.3 Å². The summed E-state index contributed by atoms with van der Waals surface area (Å²) in [5.74, 6) is 1.93. The second-order valence-electron chi connectivity index (χ2n) is 4.79. The van der Waals surface area contributed by atoms with Gasteiger partial charge < -0.3 is 10.2 Å². The molecule has 98 valence electrons. The summed E-state index contributed by atoms with van der Waals surface area (Å²) in [6.45, 7) is 4.79. The predicted octanol–water partition coefficient (Wildman–Crippen LogP) is 3.17. The zero-order chi connectivity index (χ0) is 13.1. The van der Waals surface area contributed by atoms with Crippen molar-refractivity contribution in [3.63, 3.8) is 0 Å². The standard InChI is InChI=1S/C14H20N2OS/c1-10-4-5-13(17-10)8-16(3)14(11(2)15)12-6-7-18-9-12/h4-7,9,11,14H,8,15H2,1-3H3. The fourth-order valence-corrected chi connectivity index (χ4v) is 3.01. The fraction of sp³-hybridized carbons (Fsp3) is 0.429. The molecule has 3 nitrogen and oxygen atoms in total. The molecule has 0 amide bonds. The minimum Gasteiger partial charge on any atom is -0.465 e. The molecule has 0 fully saturated rings. The van der Waals surface area contributed by atoms with E-state index in [0.717, 1.165) is 18.1 Å². The molecule has 0 aromatic carbocycles. The van der Waals surface area contributed by atoms with Crippen LogP contribution in [-0.2, 0) is 6.54 Å². The van der Waals surface area contributed by atoms with Crippen molar-refractivity contribution < 1.29 is 4.42 Å². The van der Waals surface area contributed by atoms with Gasteiger partial charge in [-0.1, -0.05) is 0 Å². The molecule has 4 heteroatoms. The van der Waals surface area contributed by atoms with E-state index in [2.05, 4.69) is 28.8 Å². The first-order chi connectivity index (χ1) is 8.58. The van der Waals surface area contributed by atoms with Crippen LogP contribution in [0.15, 0.2) is 33.4 Å². The molecule has 2 unspecified atom stereocenters. The van der Waals surface area contributed by atoms with Crippen molar-refractivity contribution in [2.24, 2.45) is 5.73 Å². The van der Waals surface area contributed by atoms with Gasteiger partial charge in [-0.15, -0.1) is 0 Å². The van der Waals surface area contributed by atoms with E-state index in [1.165, 1.54) is 5.56 Å². The number of hydrogen-bond donors (Lipinski definition) is 1. The molecular weight excluding hydrogens is 244 g/mol. The lowest BCUT2D eigenvalue weighted by Crippen LogP contribution is -2.36. The highest BCUT2D eigenvalue weighted by Crippen LogP contribution is 2.26. The zero-order valence-corrected chi connectivity index (χ0v) is 11.9. The molecule has 2 N–H and O–H groups in total. The smallest absolute Gasteiger partial charge is 0.118 e. The molecule has 0 aliphatic rings. The molecule has 2 aromatic rings. The number of hydrogen-bond acceptors (Lipinski definition) is 4. The molecule has 0 radical (unpaired) electrons. The Balaban J connectivity index is 2.11. The topological polar surface area (TPSA) is 42.4 Å². The van der Waals surface area contributed by atoms with Gasteiger partial charge in [0.05, 0.1) is 12.6 Å². The Morgan fingerprint density at radius 1 is 1.39 bits per heavy atom. The summed E-state index contributed by atoms with van der Waals surface area (Å²) in [5, 5.41) is 4.26. The highest BCUT2D eigenvalue weighted by Gasteiger charge is 2.22. The maximum Gasteiger partial charge on any atom is 0.118 e. The molecule has 0 aliphatic heterocycles. The van der Waals surface area contributed by atoms with Gasteiger partial charge in [-0.05, 0) is 55.4 Å². The number of rotatable bonds is 5. The molecule has 2 rings (SSSR count). The summed E-state index contributed by atoms with van der Waals surface area (Å²) >= 11 is 1.71. The summed E-state index contributed by atoms with van der Waals surface area (Å²) < 4.78 is 5.62. The van der Waals surface area contributed by atoms with Crippen molar-refractivity contribution in [2.45, 2.75) is 32.5 Å². The van der Waals surface area contributed by atoms with Crippen LogP contribution < -0.4 is 5.73 Å². The van der Waals surface area contributed by atoms with Gasteiger partial charge in [-0.3, -0.25) is 4.90 Å². The van der Waals surface area contributed by atoms with Crippen LogP contribution in [0.2, 0.25) is 0 Å². The third-order valence-electron chi connectivity index (χ3n) is 3.06. The van der Waals surface area contributed by atoms with Gasteiger partial charge in [-0.25, -0.2) is 0 Å². The van der Waals surface area contributed by atoms with E-state index in [4.69, 9.17) is 10.2 Å². The molecule has 0 aliphatic carbocycles. The minimum absolute atomic E-state index is 0.0839. The predicted molar refractivity (Wildman–Crippen MR) is 75.6 cm³/mol. The van der Waals surface area contributed by atoms with Gasteiger partial charge in [0.25, 0.3) is 0 Å². The van der Waals surface area contributed by atoms with Crippen molar-refractivity contribution in [1.82, 2.24) is 4.90 Å². The molecular formula is C14H20N2OS. The maximum atomic E-state index is 6.12. The van der Waals surface area contributed by atoms with Crippen molar-refractivity contribution in [3.8, 4) is 0 Å². The first-order valence-corrected chi connectivity index (χ1v) is 7.05. The third-order valence-corrected chi connectivity index (χ3v) is 3.76. The summed E-state index contributed by atoms with van der Waals surface area (Å²) in [6.07, 6.45) is 0. The van der Waals surface area contributed by atoms with E-state index < -0.39 is 0 Å². The quantitative estimate of drug-likeness (QED) is 0.902. The van der Waals surface area contributed by atoms with Gasteiger partial charge in [0.2, 0.25) is 0 Å². The number of furan rings is 1. The molecule has 0 saturated carbocycles. The molecule has 2 atom stereocenters. The fourth-order valence-electron chi connectivity index (χ4n) is 2.32. The SMILES string of the molecule is Cc1ccc(CN(C)C(c2ccsc2)C(C)N)o1. The summed E-state index contributed by atoms with van der Waals surface area (Å²) in [5.41, 5.74) is 7.40. The number of aryl methyl sites for hydroxylation is 1. The largest absolute Gasteiger partial charge is 0.465 e. The van der Waals surface area contributed by atoms with Crippen LogP contribution in [0.1, 0.15) is 30.0 Å². The van der Waals surface area contributed by atoms with Crippen LogP contribution >= 0.6 is 11.3 Å². The Kier molecular flexibility index (Phi) is 4.22. The molecule has 0 bridgehead atoms. The van der Waals surface area contributed by atoms with E-state index in [9.17, 15) is 0 Å². The van der Waals surface area contributed by atoms with Gasteiger partial charge in [0, 0.05) is 6.04 Å². The van der Waals surface area contributed by atoms with Crippen LogP contribution in [0.5, 0.6) is 0 Å². The highest BCUT2D eigenvalue weighted by molar-refractivity contribution is 7.07. The number of nitrogens with zero attached hydrogens (tertiary/aromatic N) is 1. The lowest BCUT2D eigenvalue weighted by Gasteiger charge is -2.30. The zero-order valence-electron chi connectivity index (χ0n) is 11.1. The van der Waals surface area contributed by atoms with Crippen LogP contribution in [0, 0.1) is 6.92 Å². The average Bonchev–Trinajstić information content (AvgIpc) is 2.90. The molecule has 2 heterocycles.